The summed E-state index contributed by atoms with van der Waals surface area (Å²) in [7, 11) is 0. The fourth-order valence-electron chi connectivity index (χ4n) is 5.56. The molecule has 1 aromatic rings. The third-order valence-electron chi connectivity index (χ3n) is 7.39. The molecule has 0 amide bonds. The van der Waals surface area contributed by atoms with Crippen LogP contribution in [0, 0.1) is 17.8 Å². The van der Waals surface area contributed by atoms with Gasteiger partial charge in [0.25, 0.3) is 0 Å². The topological polar surface area (TPSA) is 9.23 Å². The zero-order valence-electron chi connectivity index (χ0n) is 18.1. The third-order valence-corrected chi connectivity index (χ3v) is 7.39. The number of unbranched alkanes of at least 4 members (excludes halogenated alkanes) is 2. The Balaban J connectivity index is 1.41. The maximum absolute atomic E-state index is 13.0. The molecule has 30 heavy (non-hydrogen) atoms. The van der Waals surface area contributed by atoms with E-state index < -0.39 is 12.5 Å². The van der Waals surface area contributed by atoms with E-state index in [9.17, 15) is 17.6 Å². The van der Waals surface area contributed by atoms with Gasteiger partial charge in [0.05, 0.1) is 0 Å². The highest BCUT2D eigenvalue weighted by molar-refractivity contribution is 5.30. The van der Waals surface area contributed by atoms with Crippen molar-refractivity contribution >= 4 is 0 Å². The summed E-state index contributed by atoms with van der Waals surface area (Å²) in [6, 6.07) is 6.51. The van der Waals surface area contributed by atoms with E-state index in [1.807, 2.05) is 0 Å². The van der Waals surface area contributed by atoms with Gasteiger partial charge in [0.1, 0.15) is 5.75 Å². The Morgan fingerprint density at radius 3 is 1.97 bits per heavy atom. The van der Waals surface area contributed by atoms with Gasteiger partial charge < -0.3 is 4.74 Å². The molecule has 2 aliphatic rings. The van der Waals surface area contributed by atoms with Gasteiger partial charge in [-0.3, -0.25) is 0 Å². The van der Waals surface area contributed by atoms with Crippen LogP contribution >= 0.6 is 0 Å². The van der Waals surface area contributed by atoms with Crippen LogP contribution in [0.1, 0.15) is 95.5 Å². The SMILES string of the molecule is CCCCC[C@H]1CC[C@H]([C@H]2CC[C@H](c3ccc(OC(F)C(F)(F)F)cc3)CC2)CC1. The minimum Gasteiger partial charge on any atom is -0.452 e. The maximum atomic E-state index is 13.0. The predicted octanol–water partition coefficient (Wildman–Crippen LogP) is 8.58. The molecule has 2 saturated carbocycles. The molecule has 0 aromatic heterocycles. The number of hydrogen-bond donors (Lipinski definition) is 0. The van der Waals surface area contributed by atoms with Crippen LogP contribution in [-0.4, -0.2) is 12.5 Å². The minimum atomic E-state index is -4.99. The van der Waals surface area contributed by atoms with E-state index in [1.54, 1.807) is 12.1 Å². The molecule has 5 heteroatoms. The Bertz CT molecular complexity index is 611. The summed E-state index contributed by atoms with van der Waals surface area (Å²) >= 11 is 0. The number of hydrogen-bond acceptors (Lipinski definition) is 1. The van der Waals surface area contributed by atoms with Gasteiger partial charge in [-0.2, -0.15) is 17.6 Å². The molecule has 2 fully saturated rings. The Hall–Kier alpha value is -1.26. The lowest BCUT2D eigenvalue weighted by Gasteiger charge is -2.38. The first kappa shape index (κ1) is 23.4. The van der Waals surface area contributed by atoms with E-state index in [1.165, 1.54) is 76.3 Å². The quantitative estimate of drug-likeness (QED) is 0.297. The second-order valence-electron chi connectivity index (χ2n) is 9.43. The van der Waals surface area contributed by atoms with Crippen LogP contribution in [0.4, 0.5) is 17.6 Å². The second kappa shape index (κ2) is 10.9. The zero-order valence-corrected chi connectivity index (χ0v) is 18.1. The van der Waals surface area contributed by atoms with Crippen molar-refractivity contribution in [1.82, 2.24) is 0 Å². The number of rotatable bonds is 8. The standard InChI is InChI=1S/C25H36F4O/c1-2-3-4-5-18-6-8-19(9-7-18)20-10-12-21(13-11-20)22-14-16-23(17-15-22)30-24(26)25(27,28)29/h14-21,24H,2-13H2,1H3/t18-,19-,20-,21-,24?. The molecule has 0 heterocycles. The Morgan fingerprint density at radius 2 is 1.43 bits per heavy atom. The summed E-state index contributed by atoms with van der Waals surface area (Å²) in [5.41, 5.74) is 1.13. The number of halogens is 4. The molecule has 0 radical (unpaired) electrons. The van der Waals surface area contributed by atoms with Crippen LogP contribution in [0.2, 0.25) is 0 Å². The fraction of sp³-hybridized carbons (Fsp3) is 0.760. The van der Waals surface area contributed by atoms with Gasteiger partial charge in [0, 0.05) is 0 Å². The molecule has 1 atom stereocenters. The number of alkyl halides is 4. The van der Waals surface area contributed by atoms with Crippen molar-refractivity contribution in [2.45, 2.75) is 102 Å². The first-order valence-corrected chi connectivity index (χ1v) is 11.8. The highest BCUT2D eigenvalue weighted by Gasteiger charge is 2.42. The molecule has 0 aliphatic heterocycles. The lowest BCUT2D eigenvalue weighted by molar-refractivity contribution is -0.236. The maximum Gasteiger partial charge on any atom is 0.457 e. The molecule has 1 unspecified atom stereocenters. The van der Waals surface area contributed by atoms with Crippen LogP contribution in [0.5, 0.6) is 5.75 Å². The van der Waals surface area contributed by atoms with Crippen LogP contribution < -0.4 is 4.74 Å². The summed E-state index contributed by atoms with van der Waals surface area (Å²) in [5.74, 6) is 3.04. The highest BCUT2D eigenvalue weighted by atomic mass is 19.4. The summed E-state index contributed by atoms with van der Waals surface area (Å²) in [4.78, 5) is 0. The normalized spacial score (nSPS) is 28.8. The first-order valence-electron chi connectivity index (χ1n) is 11.8. The molecule has 2 aliphatic carbocycles. The van der Waals surface area contributed by atoms with Crippen LogP contribution in [-0.2, 0) is 0 Å². The van der Waals surface area contributed by atoms with E-state index in [0.29, 0.717) is 5.92 Å². The summed E-state index contributed by atoms with van der Waals surface area (Å²) in [5, 5.41) is 0. The van der Waals surface area contributed by atoms with Crippen molar-refractivity contribution in [1.29, 1.82) is 0 Å². The molecular formula is C25H36F4O. The second-order valence-corrected chi connectivity index (χ2v) is 9.43. The molecular weight excluding hydrogens is 392 g/mol. The molecule has 0 spiro atoms. The van der Waals surface area contributed by atoms with Crippen molar-refractivity contribution in [3.05, 3.63) is 29.8 Å². The molecule has 0 N–H and O–H groups in total. The molecule has 3 rings (SSSR count). The van der Waals surface area contributed by atoms with Crippen molar-refractivity contribution < 1.29 is 22.3 Å². The van der Waals surface area contributed by atoms with Gasteiger partial charge in [0.2, 0.25) is 0 Å². The molecule has 0 saturated heterocycles. The van der Waals surface area contributed by atoms with Gasteiger partial charge in [-0.1, -0.05) is 57.6 Å². The zero-order chi connectivity index (χ0) is 21.6. The number of benzene rings is 1. The number of ether oxygens (including phenoxy) is 1. The Morgan fingerprint density at radius 1 is 0.867 bits per heavy atom. The van der Waals surface area contributed by atoms with Crippen LogP contribution in [0.15, 0.2) is 24.3 Å². The van der Waals surface area contributed by atoms with E-state index in [2.05, 4.69) is 11.7 Å². The molecule has 0 bridgehead atoms. The average molecular weight is 429 g/mol. The van der Waals surface area contributed by atoms with Gasteiger partial charge in [-0.05, 0) is 79.9 Å². The lowest BCUT2D eigenvalue weighted by Crippen LogP contribution is -2.29. The van der Waals surface area contributed by atoms with Gasteiger partial charge in [-0.25, -0.2) is 0 Å². The van der Waals surface area contributed by atoms with E-state index in [4.69, 9.17) is 0 Å². The van der Waals surface area contributed by atoms with Crippen LogP contribution in [0.3, 0.4) is 0 Å². The summed E-state index contributed by atoms with van der Waals surface area (Å²) < 4.78 is 54.2. The highest BCUT2D eigenvalue weighted by Crippen LogP contribution is 2.44. The summed E-state index contributed by atoms with van der Waals surface area (Å²) in [6.07, 6.45) is 7.56. The molecule has 1 aromatic carbocycles. The smallest absolute Gasteiger partial charge is 0.452 e. The minimum absolute atomic E-state index is 0.0760. The largest absolute Gasteiger partial charge is 0.457 e. The lowest BCUT2D eigenvalue weighted by atomic mass is 9.68. The van der Waals surface area contributed by atoms with Gasteiger partial charge in [0.15, 0.2) is 0 Å². The summed E-state index contributed by atoms with van der Waals surface area (Å²) in [6.45, 7) is 2.27. The van der Waals surface area contributed by atoms with Gasteiger partial charge in [-0.15, -0.1) is 0 Å². The van der Waals surface area contributed by atoms with Crippen molar-refractivity contribution in [2.24, 2.45) is 17.8 Å². The molecule has 170 valence electrons. The van der Waals surface area contributed by atoms with E-state index >= 15 is 0 Å². The van der Waals surface area contributed by atoms with Crippen molar-refractivity contribution in [3.63, 3.8) is 0 Å². The Kier molecular flexibility index (Phi) is 8.47. The van der Waals surface area contributed by atoms with E-state index in [0.717, 1.165) is 36.2 Å². The first-order chi connectivity index (χ1) is 14.4. The Labute approximate surface area is 178 Å². The van der Waals surface area contributed by atoms with Crippen molar-refractivity contribution in [3.8, 4) is 5.75 Å². The van der Waals surface area contributed by atoms with Crippen molar-refractivity contribution in [2.75, 3.05) is 0 Å². The third kappa shape index (κ3) is 6.62. The fourth-order valence-corrected chi connectivity index (χ4v) is 5.56. The average Bonchev–Trinajstić information content (AvgIpc) is 2.74. The van der Waals surface area contributed by atoms with Crippen LogP contribution in [0.25, 0.3) is 0 Å². The van der Waals surface area contributed by atoms with E-state index in [-0.39, 0.29) is 5.75 Å². The van der Waals surface area contributed by atoms with Gasteiger partial charge >= 0.3 is 12.5 Å². The molecule has 1 nitrogen and oxygen atoms in total. The monoisotopic (exact) mass is 428 g/mol. The predicted molar refractivity (Wildman–Crippen MR) is 112 cm³/mol.